The van der Waals surface area contributed by atoms with Crippen molar-refractivity contribution in [2.75, 3.05) is 0 Å². The summed E-state index contributed by atoms with van der Waals surface area (Å²) in [6.45, 7) is 25.7. The van der Waals surface area contributed by atoms with Gasteiger partial charge in [-0.3, -0.25) is 0 Å². The van der Waals surface area contributed by atoms with Crippen molar-refractivity contribution in [3.8, 4) is 0 Å². The van der Waals surface area contributed by atoms with E-state index in [2.05, 4.69) is 125 Å². The Morgan fingerprint density at radius 2 is 0.922 bits per heavy atom. The van der Waals surface area contributed by atoms with E-state index < -0.39 is 0 Å². The van der Waals surface area contributed by atoms with E-state index in [1.807, 2.05) is 0 Å². The molecule has 3 aliphatic carbocycles. The number of aryl methyl sites for hydroxylation is 2. The van der Waals surface area contributed by atoms with E-state index in [4.69, 9.17) is 0 Å². The summed E-state index contributed by atoms with van der Waals surface area (Å²) in [6, 6.07) is 17.5. The average Bonchev–Trinajstić information content (AvgIpc) is 3.07. The third-order valence-corrected chi connectivity index (χ3v) is 12.5. The van der Waals surface area contributed by atoms with Gasteiger partial charge >= 0.3 is 0 Å². The highest BCUT2D eigenvalue weighted by atomic mass is 14.4. The molecule has 2 aromatic carbocycles. The maximum absolute atomic E-state index is 2.46. The molecule has 0 bridgehead atoms. The first-order chi connectivity index (χ1) is 23.8. The molecule has 2 aromatic rings. The lowest BCUT2D eigenvalue weighted by molar-refractivity contribution is 0.0582. The molecule has 0 spiro atoms. The molecule has 0 nitrogen and oxygen atoms in total. The van der Waals surface area contributed by atoms with Crippen molar-refractivity contribution < 1.29 is 0 Å². The molecular weight excluding hydrogens is 613 g/mol. The predicted molar refractivity (Wildman–Crippen MR) is 233 cm³/mol. The largest absolute Gasteiger partial charge is 0.0776 e. The minimum Gasteiger partial charge on any atom is -0.0776 e. The molecule has 2 atom stereocenters. The summed E-state index contributed by atoms with van der Waals surface area (Å²) < 4.78 is 0. The van der Waals surface area contributed by atoms with E-state index in [-0.39, 0.29) is 7.43 Å². The number of hydrogen-bond acceptors (Lipinski definition) is 0. The van der Waals surface area contributed by atoms with Gasteiger partial charge in [0.25, 0.3) is 0 Å². The fraction of sp³-hybridized carbons (Fsp3) is 0.765. The summed E-state index contributed by atoms with van der Waals surface area (Å²) in [4.78, 5) is 0. The van der Waals surface area contributed by atoms with Crippen molar-refractivity contribution in [3.63, 3.8) is 0 Å². The maximum atomic E-state index is 2.46. The fourth-order valence-corrected chi connectivity index (χ4v) is 9.53. The van der Waals surface area contributed by atoms with Gasteiger partial charge in [-0.15, -0.1) is 0 Å². The Kier molecular flexibility index (Phi) is 23.7. The molecule has 51 heavy (non-hydrogen) atoms. The highest BCUT2D eigenvalue weighted by molar-refractivity contribution is 5.29. The van der Waals surface area contributed by atoms with Crippen LogP contribution in [0.3, 0.4) is 0 Å². The van der Waals surface area contributed by atoms with Crippen LogP contribution < -0.4 is 0 Å². The second-order valence-corrected chi connectivity index (χ2v) is 19.1. The topological polar surface area (TPSA) is 0 Å². The Hall–Kier alpha value is -1.56. The van der Waals surface area contributed by atoms with Gasteiger partial charge in [-0.25, -0.2) is 0 Å². The van der Waals surface area contributed by atoms with Crippen LogP contribution in [0.2, 0.25) is 0 Å². The predicted octanol–water partition coefficient (Wildman–Crippen LogP) is 17.2. The molecule has 0 N–H and O–H groups in total. The van der Waals surface area contributed by atoms with Crippen LogP contribution in [0.25, 0.3) is 0 Å². The van der Waals surface area contributed by atoms with Crippen LogP contribution in [0, 0.1) is 54.3 Å². The molecule has 2 unspecified atom stereocenters. The van der Waals surface area contributed by atoms with Gasteiger partial charge in [0, 0.05) is 0 Å². The Morgan fingerprint density at radius 1 is 0.529 bits per heavy atom. The number of benzene rings is 2. The van der Waals surface area contributed by atoms with E-state index >= 15 is 0 Å². The van der Waals surface area contributed by atoms with Crippen LogP contribution in [-0.4, -0.2) is 0 Å². The summed E-state index contributed by atoms with van der Waals surface area (Å²) in [5.41, 5.74) is 6.61. The van der Waals surface area contributed by atoms with Gasteiger partial charge in [-0.2, -0.15) is 0 Å². The normalized spacial score (nSPS) is 26.8. The van der Waals surface area contributed by atoms with Crippen molar-refractivity contribution in [1.29, 1.82) is 0 Å². The first-order valence-corrected chi connectivity index (χ1v) is 21.9. The van der Waals surface area contributed by atoms with Gasteiger partial charge in [-0.1, -0.05) is 226 Å². The van der Waals surface area contributed by atoms with Gasteiger partial charge in [0.2, 0.25) is 0 Å². The summed E-state index contributed by atoms with van der Waals surface area (Å²) in [6.07, 6.45) is 28.9. The highest BCUT2D eigenvalue weighted by Gasteiger charge is 2.38. The van der Waals surface area contributed by atoms with Crippen molar-refractivity contribution in [2.24, 2.45) is 40.4 Å². The molecule has 0 aromatic heterocycles. The maximum Gasteiger partial charge on any atom is -0.00258 e. The number of hydrogen-bond donors (Lipinski definition) is 0. The van der Waals surface area contributed by atoms with E-state index in [0.29, 0.717) is 10.8 Å². The lowest BCUT2D eigenvalue weighted by atomic mass is 9.60. The first kappa shape index (κ1) is 47.5. The summed E-state index contributed by atoms with van der Waals surface area (Å²) in [5, 5.41) is 0. The smallest absolute Gasteiger partial charge is 0.00258 e. The molecule has 3 saturated carbocycles. The van der Waals surface area contributed by atoms with Gasteiger partial charge < -0.3 is 0 Å². The zero-order valence-electron chi connectivity index (χ0n) is 35.6. The van der Waals surface area contributed by atoms with Crippen LogP contribution in [-0.2, 0) is 6.42 Å². The minimum absolute atomic E-state index is 0. The molecule has 3 fully saturated rings. The van der Waals surface area contributed by atoms with Gasteiger partial charge in [-0.05, 0) is 97.5 Å². The molecule has 0 amide bonds. The van der Waals surface area contributed by atoms with Crippen LogP contribution in [0.15, 0.2) is 48.5 Å². The Morgan fingerprint density at radius 3 is 1.25 bits per heavy atom. The average molecular weight is 703 g/mol. The highest BCUT2D eigenvalue weighted by Crippen LogP contribution is 2.50. The molecule has 0 heterocycles. The van der Waals surface area contributed by atoms with Crippen LogP contribution in [0.5, 0.6) is 0 Å². The molecule has 0 radical (unpaired) electrons. The van der Waals surface area contributed by atoms with Gasteiger partial charge in [0.1, 0.15) is 0 Å². The monoisotopic (exact) mass is 703 g/mol. The molecule has 0 saturated heterocycles. The van der Waals surface area contributed by atoms with Crippen LogP contribution in [0.4, 0.5) is 0 Å². The fourth-order valence-electron chi connectivity index (χ4n) is 9.53. The van der Waals surface area contributed by atoms with E-state index in [0.717, 1.165) is 36.0 Å². The zero-order valence-corrected chi connectivity index (χ0v) is 35.6. The Bertz CT molecular complexity index is 1020. The van der Waals surface area contributed by atoms with Crippen LogP contribution >= 0.6 is 0 Å². The van der Waals surface area contributed by atoms with Crippen molar-refractivity contribution >= 4 is 0 Å². The van der Waals surface area contributed by atoms with Crippen molar-refractivity contribution in [3.05, 3.63) is 70.8 Å². The molecular formula is C51H90. The second-order valence-electron chi connectivity index (χ2n) is 19.1. The number of unbranched alkanes of at least 4 members (excludes halogenated alkanes) is 5. The summed E-state index contributed by atoms with van der Waals surface area (Å²) >= 11 is 0. The molecule has 0 heteroatoms. The lowest BCUT2D eigenvalue weighted by Crippen LogP contribution is -2.34. The second kappa shape index (κ2) is 25.5. The van der Waals surface area contributed by atoms with Crippen molar-refractivity contribution in [2.45, 2.75) is 212 Å². The van der Waals surface area contributed by atoms with E-state index in [1.54, 1.807) is 6.42 Å². The summed E-state index contributed by atoms with van der Waals surface area (Å²) in [5.74, 6) is 5.16. The summed E-state index contributed by atoms with van der Waals surface area (Å²) in [7, 11) is 0. The lowest BCUT2D eigenvalue weighted by Gasteiger charge is -2.45. The first-order valence-electron chi connectivity index (χ1n) is 21.9. The molecule has 3 aliphatic rings. The van der Waals surface area contributed by atoms with E-state index in [1.165, 1.54) is 138 Å². The third kappa shape index (κ3) is 21.1. The SMILES string of the molecule is C.CC1CCC(CC2CCC(C)CC2)CC1.CCC1(C)CC(C)CC(C)(C)C1.CCCCCCCC.Cc1ccc(Cc2ccc(C)cc2)cc1. The number of rotatable bonds is 10. The standard InChI is InChI=1S/C15H28.C15H16.C12H24.C8H18.CH4/c2*1-12-3-7-14(8-4-12)11-15-9-5-13(2)6-10-15;1-6-12(5)8-10(2)7-11(3,4)9-12;1-3-5-7-8-6-4-2;/h12-15H,3-11H2,1-2H3;3-10H,11H2,1-2H3;10H,6-9H2,1-5H3;3-8H2,1-2H3;1H4. The quantitative estimate of drug-likeness (QED) is 0.216. The third-order valence-electron chi connectivity index (χ3n) is 12.5. The Labute approximate surface area is 322 Å². The van der Waals surface area contributed by atoms with Crippen LogP contribution in [0.1, 0.15) is 214 Å². The minimum atomic E-state index is 0. The Balaban J connectivity index is 0.000000347. The molecule has 5 rings (SSSR count). The van der Waals surface area contributed by atoms with Crippen molar-refractivity contribution in [1.82, 2.24) is 0 Å². The van der Waals surface area contributed by atoms with Gasteiger partial charge in [0.05, 0.1) is 0 Å². The van der Waals surface area contributed by atoms with Gasteiger partial charge in [0.15, 0.2) is 0 Å². The zero-order chi connectivity index (χ0) is 37.0. The molecule has 0 aliphatic heterocycles. The van der Waals surface area contributed by atoms with E-state index in [9.17, 15) is 0 Å². The molecule has 294 valence electrons.